The van der Waals surface area contributed by atoms with E-state index in [0.717, 1.165) is 0 Å². The van der Waals surface area contributed by atoms with Crippen LogP contribution in [0.25, 0.3) is 0 Å². The predicted octanol–water partition coefficient (Wildman–Crippen LogP) is 1.84. The van der Waals surface area contributed by atoms with Crippen molar-refractivity contribution >= 4 is 16.8 Å². The van der Waals surface area contributed by atoms with E-state index in [1.165, 1.54) is 37.3 Å². The molecule has 0 amide bonds. The van der Waals surface area contributed by atoms with Crippen LogP contribution in [0.1, 0.15) is 6.92 Å². The molecule has 5 heteroatoms. The van der Waals surface area contributed by atoms with E-state index in [9.17, 15) is 14.9 Å². The molecular formula is C9H8ClNO3. The molecule has 0 N–H and O–H groups in total. The van der Waals surface area contributed by atoms with E-state index in [0.29, 0.717) is 0 Å². The van der Waals surface area contributed by atoms with Gasteiger partial charge in [0.15, 0.2) is 0 Å². The Balaban J connectivity index is 3.03. The SMILES string of the molecule is CC1([N+](=O)[O-])C=CC=C(C(=O)Cl)C=C1. The minimum Gasteiger partial charge on any atom is -0.276 e. The lowest BCUT2D eigenvalue weighted by molar-refractivity contribution is -0.535. The van der Waals surface area contributed by atoms with Gasteiger partial charge in [-0.3, -0.25) is 14.9 Å². The first kappa shape index (κ1) is 10.7. The van der Waals surface area contributed by atoms with Crippen LogP contribution in [0, 0.1) is 10.1 Å². The Kier molecular flexibility index (Phi) is 2.86. The molecule has 0 fully saturated rings. The highest BCUT2D eigenvalue weighted by molar-refractivity contribution is 6.68. The molecular weight excluding hydrogens is 206 g/mol. The zero-order valence-corrected chi connectivity index (χ0v) is 8.19. The van der Waals surface area contributed by atoms with E-state index in [1.54, 1.807) is 0 Å². The molecule has 0 radical (unpaired) electrons. The van der Waals surface area contributed by atoms with Crippen molar-refractivity contribution in [2.24, 2.45) is 0 Å². The van der Waals surface area contributed by atoms with Gasteiger partial charge in [-0.1, -0.05) is 12.2 Å². The Hall–Kier alpha value is -1.42. The van der Waals surface area contributed by atoms with Gasteiger partial charge in [-0.25, -0.2) is 0 Å². The van der Waals surface area contributed by atoms with Crippen molar-refractivity contribution < 1.29 is 9.72 Å². The highest BCUT2D eigenvalue weighted by Gasteiger charge is 2.31. The number of carbonyl (C=O) groups is 1. The second-order valence-electron chi connectivity index (χ2n) is 3.07. The molecule has 1 rings (SSSR count). The van der Waals surface area contributed by atoms with Gasteiger partial charge >= 0.3 is 0 Å². The van der Waals surface area contributed by atoms with Gasteiger partial charge in [-0.15, -0.1) is 0 Å². The van der Waals surface area contributed by atoms with E-state index < -0.39 is 15.7 Å². The highest BCUT2D eigenvalue weighted by atomic mass is 35.5. The lowest BCUT2D eigenvalue weighted by Gasteiger charge is -2.10. The molecule has 0 saturated heterocycles. The summed E-state index contributed by atoms with van der Waals surface area (Å²) in [6.07, 6.45) is 7.00. The minimum atomic E-state index is -1.27. The Labute approximate surface area is 85.7 Å². The van der Waals surface area contributed by atoms with Gasteiger partial charge in [0.1, 0.15) is 0 Å². The smallest absolute Gasteiger partial charge is 0.256 e. The fourth-order valence-electron chi connectivity index (χ4n) is 0.969. The summed E-state index contributed by atoms with van der Waals surface area (Å²) in [5, 5.41) is 10.0. The second kappa shape index (κ2) is 3.75. The first-order chi connectivity index (χ1) is 6.46. The minimum absolute atomic E-state index is 0.244. The van der Waals surface area contributed by atoms with Gasteiger partial charge in [-0.05, 0) is 29.8 Å². The first-order valence-electron chi connectivity index (χ1n) is 3.89. The maximum Gasteiger partial charge on any atom is 0.256 e. The summed E-state index contributed by atoms with van der Waals surface area (Å²) < 4.78 is 0. The highest BCUT2D eigenvalue weighted by Crippen LogP contribution is 2.18. The van der Waals surface area contributed by atoms with Gasteiger partial charge in [0, 0.05) is 17.4 Å². The lowest BCUT2D eigenvalue weighted by Crippen LogP contribution is -2.29. The van der Waals surface area contributed by atoms with Crippen LogP contribution in [0.2, 0.25) is 0 Å². The van der Waals surface area contributed by atoms with Gasteiger partial charge in [0.05, 0.1) is 0 Å². The zero-order valence-electron chi connectivity index (χ0n) is 7.44. The van der Waals surface area contributed by atoms with Crippen LogP contribution < -0.4 is 0 Å². The van der Waals surface area contributed by atoms with E-state index in [2.05, 4.69) is 0 Å². The molecule has 0 aromatic heterocycles. The second-order valence-corrected chi connectivity index (χ2v) is 3.41. The molecule has 1 aliphatic rings. The van der Waals surface area contributed by atoms with Crippen LogP contribution in [0.3, 0.4) is 0 Å². The maximum atomic E-state index is 10.8. The average molecular weight is 214 g/mol. The summed E-state index contributed by atoms with van der Waals surface area (Å²) in [7, 11) is 0. The quantitative estimate of drug-likeness (QED) is 0.400. The van der Waals surface area contributed by atoms with Crippen LogP contribution in [0.5, 0.6) is 0 Å². The van der Waals surface area contributed by atoms with Gasteiger partial charge in [0.2, 0.25) is 0 Å². The number of hydrogen-bond acceptors (Lipinski definition) is 3. The number of nitro groups is 1. The van der Waals surface area contributed by atoms with Crippen LogP contribution in [-0.2, 0) is 4.79 Å². The average Bonchev–Trinajstić information content (AvgIpc) is 2.28. The summed E-state index contributed by atoms with van der Waals surface area (Å²) in [6, 6.07) is 0. The van der Waals surface area contributed by atoms with Crippen molar-refractivity contribution in [2.75, 3.05) is 0 Å². The molecule has 14 heavy (non-hydrogen) atoms. The molecule has 0 heterocycles. The molecule has 0 aromatic rings. The standard InChI is InChI=1S/C9H8ClNO3/c1-9(11(13)14)5-2-3-7(4-6-9)8(10)12/h2-6H,1H3. The van der Waals surface area contributed by atoms with Crippen molar-refractivity contribution in [2.45, 2.75) is 12.5 Å². The number of hydrogen-bond donors (Lipinski definition) is 0. The number of allylic oxidation sites excluding steroid dienone is 4. The first-order valence-corrected chi connectivity index (χ1v) is 4.26. The molecule has 0 bridgehead atoms. The molecule has 1 unspecified atom stereocenters. The predicted molar refractivity (Wildman–Crippen MR) is 52.6 cm³/mol. The van der Waals surface area contributed by atoms with E-state index in [-0.39, 0.29) is 5.57 Å². The molecule has 1 atom stereocenters. The molecule has 1 aliphatic carbocycles. The maximum absolute atomic E-state index is 10.8. The molecule has 74 valence electrons. The van der Waals surface area contributed by atoms with Crippen molar-refractivity contribution in [3.05, 3.63) is 46.1 Å². The van der Waals surface area contributed by atoms with Gasteiger partial charge < -0.3 is 0 Å². The normalized spacial score (nSPS) is 25.4. The van der Waals surface area contributed by atoms with Crippen LogP contribution >= 0.6 is 11.6 Å². The fraction of sp³-hybridized carbons (Fsp3) is 0.222. The van der Waals surface area contributed by atoms with E-state index in [4.69, 9.17) is 11.6 Å². The lowest BCUT2D eigenvalue weighted by atomic mass is 10.0. The summed E-state index contributed by atoms with van der Waals surface area (Å²) in [6.45, 7) is 1.44. The Morgan fingerprint density at radius 3 is 2.71 bits per heavy atom. The largest absolute Gasteiger partial charge is 0.276 e. The number of halogens is 1. The Bertz CT molecular complexity index is 370. The summed E-state index contributed by atoms with van der Waals surface area (Å²) in [5.41, 5.74) is -1.03. The summed E-state index contributed by atoms with van der Waals surface area (Å²) in [5.74, 6) is 0. The monoisotopic (exact) mass is 213 g/mol. The third-order valence-electron chi connectivity index (χ3n) is 1.93. The Morgan fingerprint density at radius 2 is 2.21 bits per heavy atom. The summed E-state index contributed by atoms with van der Waals surface area (Å²) in [4.78, 5) is 21.0. The molecule has 4 nitrogen and oxygen atoms in total. The van der Waals surface area contributed by atoms with Crippen LogP contribution in [0.15, 0.2) is 36.0 Å². The molecule has 0 aromatic carbocycles. The molecule has 0 saturated carbocycles. The van der Waals surface area contributed by atoms with Crippen molar-refractivity contribution in [3.63, 3.8) is 0 Å². The van der Waals surface area contributed by atoms with Crippen molar-refractivity contribution in [3.8, 4) is 0 Å². The van der Waals surface area contributed by atoms with E-state index in [1.807, 2.05) is 0 Å². The fourth-order valence-corrected chi connectivity index (χ4v) is 1.09. The summed E-state index contributed by atoms with van der Waals surface area (Å²) >= 11 is 5.24. The van der Waals surface area contributed by atoms with Crippen molar-refractivity contribution in [1.82, 2.24) is 0 Å². The number of nitrogens with zero attached hydrogens (tertiary/aromatic N) is 1. The number of carbonyl (C=O) groups excluding carboxylic acids is 1. The van der Waals surface area contributed by atoms with Gasteiger partial charge in [0.25, 0.3) is 10.8 Å². The molecule has 0 spiro atoms. The number of rotatable bonds is 2. The Morgan fingerprint density at radius 1 is 1.57 bits per heavy atom. The van der Waals surface area contributed by atoms with Crippen LogP contribution in [-0.4, -0.2) is 15.7 Å². The van der Waals surface area contributed by atoms with Gasteiger partial charge in [-0.2, -0.15) is 0 Å². The van der Waals surface area contributed by atoms with Crippen molar-refractivity contribution in [1.29, 1.82) is 0 Å². The molecule has 0 aliphatic heterocycles. The zero-order chi connectivity index (χ0) is 10.8. The van der Waals surface area contributed by atoms with Crippen LogP contribution in [0.4, 0.5) is 0 Å². The third kappa shape index (κ3) is 2.09. The van der Waals surface area contributed by atoms with E-state index >= 15 is 0 Å². The topological polar surface area (TPSA) is 60.2 Å². The third-order valence-corrected chi connectivity index (χ3v) is 2.15.